The Bertz CT molecular complexity index is 1010. The number of piperazine rings is 1. The third kappa shape index (κ3) is 6.50. The van der Waals surface area contributed by atoms with Crippen LogP contribution in [0.3, 0.4) is 0 Å². The summed E-state index contributed by atoms with van der Waals surface area (Å²) >= 11 is 1.02. The monoisotopic (exact) mass is 471 g/mol. The van der Waals surface area contributed by atoms with Crippen molar-refractivity contribution in [3.63, 3.8) is 0 Å². The summed E-state index contributed by atoms with van der Waals surface area (Å²) in [5, 5.41) is 3.08. The van der Waals surface area contributed by atoms with Gasteiger partial charge in [-0.15, -0.1) is 11.3 Å². The molecule has 0 atom stereocenters. The quantitative estimate of drug-likeness (QED) is 0.592. The predicted octanol–water partition coefficient (Wildman–Crippen LogP) is 2.90. The number of methoxy groups -OCH3 is 2. The Kier molecular flexibility index (Phi) is 8.76. The molecule has 0 radical (unpaired) electrons. The molecule has 1 aromatic carbocycles. The number of carbonyl (C=O) groups excluding carboxylic acids is 3. The summed E-state index contributed by atoms with van der Waals surface area (Å²) in [4.78, 5) is 41.6. The molecule has 0 bridgehead atoms. The molecule has 0 aliphatic carbocycles. The van der Waals surface area contributed by atoms with E-state index in [2.05, 4.69) is 39.4 Å². The average Bonchev–Trinajstić information content (AvgIpc) is 3.15. The first-order chi connectivity index (χ1) is 15.9. The van der Waals surface area contributed by atoms with Gasteiger partial charge in [-0.2, -0.15) is 0 Å². The minimum Gasteiger partial charge on any atom is -0.465 e. The SMILES string of the molecule is COC(=O)c1sc(NC(=O)CN2CCN(C/C=C/c3ccccc3)CC2)c(C(=O)OC)c1C. The smallest absolute Gasteiger partial charge is 0.348 e. The largest absolute Gasteiger partial charge is 0.465 e. The molecule has 176 valence electrons. The van der Waals surface area contributed by atoms with Gasteiger partial charge in [-0.05, 0) is 18.1 Å². The number of carbonyl (C=O) groups is 3. The van der Waals surface area contributed by atoms with Gasteiger partial charge in [0, 0.05) is 32.7 Å². The third-order valence-corrected chi connectivity index (χ3v) is 6.65. The number of esters is 2. The fraction of sp³-hybridized carbons (Fsp3) is 0.375. The molecule has 2 aromatic rings. The van der Waals surface area contributed by atoms with Crippen molar-refractivity contribution in [3.8, 4) is 0 Å². The van der Waals surface area contributed by atoms with E-state index >= 15 is 0 Å². The van der Waals surface area contributed by atoms with E-state index in [1.165, 1.54) is 19.8 Å². The number of hydrogen-bond donors (Lipinski definition) is 1. The summed E-state index contributed by atoms with van der Waals surface area (Å²) in [6.07, 6.45) is 4.27. The van der Waals surface area contributed by atoms with Gasteiger partial charge in [0.2, 0.25) is 5.91 Å². The molecule has 1 aliphatic rings. The summed E-state index contributed by atoms with van der Waals surface area (Å²) < 4.78 is 9.61. The van der Waals surface area contributed by atoms with Crippen LogP contribution in [0.25, 0.3) is 6.08 Å². The topological polar surface area (TPSA) is 88.2 Å². The highest BCUT2D eigenvalue weighted by atomic mass is 32.1. The zero-order valence-corrected chi connectivity index (χ0v) is 19.9. The van der Waals surface area contributed by atoms with Gasteiger partial charge in [0.15, 0.2) is 0 Å². The number of anilines is 1. The van der Waals surface area contributed by atoms with Gasteiger partial charge in [-0.1, -0.05) is 42.5 Å². The number of hydrogen-bond acceptors (Lipinski definition) is 8. The molecule has 1 N–H and O–H groups in total. The van der Waals surface area contributed by atoms with Crippen molar-refractivity contribution in [3.05, 3.63) is 58.0 Å². The second-order valence-corrected chi connectivity index (χ2v) is 8.70. The third-order valence-electron chi connectivity index (χ3n) is 5.47. The number of benzene rings is 1. The standard InChI is InChI=1S/C24H29N3O5S/c1-17-20(23(29)31-2)22(33-21(17)24(30)32-3)25-19(28)16-27-14-12-26(13-15-27)11-7-10-18-8-5-4-6-9-18/h4-10H,11-16H2,1-3H3,(H,25,28)/b10-7+. The second-order valence-electron chi connectivity index (χ2n) is 7.68. The Morgan fingerprint density at radius 2 is 1.64 bits per heavy atom. The lowest BCUT2D eigenvalue weighted by atomic mass is 10.1. The van der Waals surface area contributed by atoms with Crippen LogP contribution in [-0.2, 0) is 14.3 Å². The lowest BCUT2D eigenvalue weighted by Crippen LogP contribution is -2.48. The summed E-state index contributed by atoms with van der Waals surface area (Å²) in [6.45, 7) is 5.98. The average molecular weight is 472 g/mol. The van der Waals surface area contributed by atoms with Gasteiger partial charge in [0.1, 0.15) is 9.88 Å². The van der Waals surface area contributed by atoms with E-state index in [4.69, 9.17) is 9.47 Å². The van der Waals surface area contributed by atoms with Gasteiger partial charge >= 0.3 is 11.9 Å². The number of nitrogens with one attached hydrogen (secondary N) is 1. The fourth-order valence-electron chi connectivity index (χ4n) is 3.64. The minimum absolute atomic E-state index is 0.186. The van der Waals surface area contributed by atoms with Crippen LogP contribution in [0.2, 0.25) is 0 Å². The normalized spacial score (nSPS) is 14.9. The summed E-state index contributed by atoms with van der Waals surface area (Å²) in [5.74, 6) is -1.40. The first-order valence-electron chi connectivity index (χ1n) is 10.7. The highest BCUT2D eigenvalue weighted by molar-refractivity contribution is 7.18. The van der Waals surface area contributed by atoms with Crippen LogP contribution in [0.15, 0.2) is 36.4 Å². The number of amides is 1. The van der Waals surface area contributed by atoms with Gasteiger partial charge in [-0.3, -0.25) is 14.6 Å². The number of nitrogens with zero attached hydrogens (tertiary/aromatic N) is 2. The van der Waals surface area contributed by atoms with Crippen LogP contribution < -0.4 is 5.32 Å². The molecular weight excluding hydrogens is 442 g/mol. The van der Waals surface area contributed by atoms with Crippen molar-refractivity contribution in [1.82, 2.24) is 9.80 Å². The molecule has 1 aromatic heterocycles. The van der Waals surface area contributed by atoms with E-state index in [0.717, 1.165) is 44.1 Å². The molecule has 1 aliphatic heterocycles. The van der Waals surface area contributed by atoms with E-state index in [0.29, 0.717) is 10.6 Å². The van der Waals surface area contributed by atoms with Crippen molar-refractivity contribution >= 4 is 40.3 Å². The van der Waals surface area contributed by atoms with Crippen LogP contribution in [0.4, 0.5) is 5.00 Å². The molecule has 2 heterocycles. The van der Waals surface area contributed by atoms with Crippen LogP contribution in [0.5, 0.6) is 0 Å². The number of thiophene rings is 1. The maximum atomic E-state index is 12.7. The molecule has 3 rings (SSSR count). The van der Waals surface area contributed by atoms with Crippen molar-refractivity contribution in [2.75, 3.05) is 58.8 Å². The first-order valence-corrected chi connectivity index (χ1v) is 11.5. The summed E-state index contributed by atoms with van der Waals surface area (Å²) in [7, 11) is 2.53. The first kappa shape index (κ1) is 24.6. The van der Waals surface area contributed by atoms with Crippen LogP contribution in [-0.4, -0.2) is 81.1 Å². The Balaban J connectivity index is 1.53. The maximum absolute atomic E-state index is 12.7. The van der Waals surface area contributed by atoms with E-state index in [1.54, 1.807) is 6.92 Å². The van der Waals surface area contributed by atoms with E-state index in [9.17, 15) is 14.4 Å². The molecular formula is C24H29N3O5S. The van der Waals surface area contributed by atoms with Crippen molar-refractivity contribution < 1.29 is 23.9 Å². The van der Waals surface area contributed by atoms with Gasteiger partial charge in [0.25, 0.3) is 0 Å². The Hall–Kier alpha value is -3.01. The molecule has 1 saturated heterocycles. The molecule has 1 fully saturated rings. The van der Waals surface area contributed by atoms with Crippen molar-refractivity contribution in [2.45, 2.75) is 6.92 Å². The Morgan fingerprint density at radius 3 is 2.27 bits per heavy atom. The fourth-order valence-corrected chi connectivity index (χ4v) is 4.77. The predicted molar refractivity (Wildman–Crippen MR) is 129 cm³/mol. The van der Waals surface area contributed by atoms with Crippen molar-refractivity contribution in [2.24, 2.45) is 0 Å². The van der Waals surface area contributed by atoms with E-state index < -0.39 is 11.9 Å². The van der Waals surface area contributed by atoms with Crippen molar-refractivity contribution in [1.29, 1.82) is 0 Å². The second kappa shape index (κ2) is 11.7. The minimum atomic E-state index is -0.605. The van der Waals surface area contributed by atoms with E-state index in [1.807, 2.05) is 18.2 Å². The summed E-state index contributed by atoms with van der Waals surface area (Å²) in [6, 6.07) is 10.2. The molecule has 1 amide bonds. The molecule has 0 spiro atoms. The summed E-state index contributed by atoms with van der Waals surface area (Å²) in [5.41, 5.74) is 1.80. The lowest BCUT2D eigenvalue weighted by Gasteiger charge is -2.33. The highest BCUT2D eigenvalue weighted by Gasteiger charge is 2.27. The molecule has 0 unspecified atom stereocenters. The number of rotatable bonds is 8. The zero-order chi connectivity index (χ0) is 23.8. The van der Waals surface area contributed by atoms with Crippen LogP contribution in [0.1, 0.15) is 31.2 Å². The number of ether oxygens (including phenoxy) is 2. The molecule has 8 nitrogen and oxygen atoms in total. The molecule has 9 heteroatoms. The van der Waals surface area contributed by atoms with Gasteiger partial charge in [-0.25, -0.2) is 9.59 Å². The molecule has 0 saturated carbocycles. The zero-order valence-electron chi connectivity index (χ0n) is 19.1. The Labute approximate surface area is 197 Å². The van der Waals surface area contributed by atoms with Gasteiger partial charge in [0.05, 0.1) is 26.3 Å². The van der Waals surface area contributed by atoms with Gasteiger partial charge < -0.3 is 14.8 Å². The lowest BCUT2D eigenvalue weighted by molar-refractivity contribution is -0.117. The Morgan fingerprint density at radius 1 is 1.00 bits per heavy atom. The van der Waals surface area contributed by atoms with E-state index in [-0.39, 0.29) is 22.9 Å². The van der Waals surface area contributed by atoms with Crippen LogP contribution >= 0.6 is 11.3 Å². The van der Waals surface area contributed by atoms with Crippen LogP contribution in [0, 0.1) is 6.92 Å². The maximum Gasteiger partial charge on any atom is 0.348 e. The molecule has 33 heavy (non-hydrogen) atoms. The highest BCUT2D eigenvalue weighted by Crippen LogP contribution is 2.34.